The van der Waals surface area contributed by atoms with E-state index in [0.29, 0.717) is 16.2 Å². The molecule has 0 aliphatic carbocycles. The summed E-state index contributed by atoms with van der Waals surface area (Å²) in [5.74, 6) is -0.463. The minimum Gasteiger partial charge on any atom is -0.458 e. The summed E-state index contributed by atoms with van der Waals surface area (Å²) in [5.41, 5.74) is 1.49. The molecule has 0 N–H and O–H groups in total. The van der Waals surface area contributed by atoms with E-state index in [-0.39, 0.29) is 17.9 Å². The molecule has 28 heavy (non-hydrogen) atoms. The van der Waals surface area contributed by atoms with E-state index in [1.807, 2.05) is 13.0 Å². The molecule has 0 aliphatic heterocycles. The second kappa shape index (κ2) is 8.22. The number of pyridine rings is 1. The molecule has 9 heteroatoms. The fraction of sp³-hybridized carbons (Fsp3) is 0.211. The van der Waals surface area contributed by atoms with Gasteiger partial charge in [-0.2, -0.15) is 0 Å². The van der Waals surface area contributed by atoms with Crippen molar-refractivity contribution in [3.8, 4) is 0 Å². The fourth-order valence-electron chi connectivity index (χ4n) is 2.54. The first-order chi connectivity index (χ1) is 13.3. The largest absolute Gasteiger partial charge is 0.458 e. The number of hydrogen-bond donors (Lipinski definition) is 0. The Bertz CT molecular complexity index is 1090. The van der Waals surface area contributed by atoms with Gasteiger partial charge >= 0.3 is 5.97 Å². The van der Waals surface area contributed by atoms with Gasteiger partial charge in [-0.15, -0.1) is 11.8 Å². The molecule has 0 saturated carbocycles. The van der Waals surface area contributed by atoms with Crippen LogP contribution in [0.5, 0.6) is 0 Å². The van der Waals surface area contributed by atoms with E-state index in [0.717, 1.165) is 5.56 Å². The number of rotatable bonds is 6. The van der Waals surface area contributed by atoms with Crippen LogP contribution in [-0.2, 0) is 16.1 Å². The van der Waals surface area contributed by atoms with Crippen molar-refractivity contribution in [3.63, 3.8) is 0 Å². The van der Waals surface area contributed by atoms with Crippen LogP contribution in [0.4, 0.5) is 5.69 Å². The molecule has 2 heterocycles. The van der Waals surface area contributed by atoms with Gasteiger partial charge in [0.15, 0.2) is 0 Å². The molecule has 3 aromatic rings. The molecule has 0 aliphatic rings. The number of aromatic nitrogens is 2. The lowest BCUT2D eigenvalue weighted by atomic mass is 10.3. The third kappa shape index (κ3) is 4.37. The van der Waals surface area contributed by atoms with Gasteiger partial charge < -0.3 is 4.74 Å². The summed E-state index contributed by atoms with van der Waals surface area (Å²) in [6, 6.07) is 10.9. The smallest absolute Gasteiger partial charge is 0.319 e. The van der Waals surface area contributed by atoms with Crippen molar-refractivity contribution in [2.75, 3.05) is 0 Å². The fourth-order valence-corrected chi connectivity index (χ4v) is 3.41. The van der Waals surface area contributed by atoms with Gasteiger partial charge in [-0.25, -0.2) is 4.98 Å². The highest BCUT2D eigenvalue weighted by molar-refractivity contribution is 8.00. The highest BCUT2D eigenvalue weighted by atomic mass is 32.2. The highest BCUT2D eigenvalue weighted by Gasteiger charge is 2.17. The maximum Gasteiger partial charge on any atom is 0.319 e. The lowest BCUT2D eigenvalue weighted by molar-refractivity contribution is -0.384. The van der Waals surface area contributed by atoms with Gasteiger partial charge in [0, 0.05) is 29.3 Å². The Labute approximate surface area is 164 Å². The Hall–Kier alpha value is -3.20. The van der Waals surface area contributed by atoms with Crippen molar-refractivity contribution < 1.29 is 14.5 Å². The Morgan fingerprint density at radius 2 is 2.04 bits per heavy atom. The van der Waals surface area contributed by atoms with Gasteiger partial charge in [-0.05, 0) is 37.6 Å². The van der Waals surface area contributed by atoms with Crippen molar-refractivity contribution in [2.45, 2.75) is 30.6 Å². The molecule has 144 valence electrons. The van der Waals surface area contributed by atoms with E-state index < -0.39 is 16.1 Å². The second-order valence-electron chi connectivity index (χ2n) is 6.09. The number of nitro benzene ring substituents is 1. The number of fused-ring (bicyclic) bond motifs is 1. The van der Waals surface area contributed by atoms with Crippen LogP contribution >= 0.6 is 11.8 Å². The number of hydrogen-bond acceptors (Lipinski definition) is 7. The van der Waals surface area contributed by atoms with Crippen molar-refractivity contribution in [1.82, 2.24) is 9.38 Å². The van der Waals surface area contributed by atoms with Gasteiger partial charge in [0.2, 0.25) is 0 Å². The number of thioether (sulfide) groups is 1. The molecule has 0 bridgehead atoms. The number of ether oxygens (including phenoxy) is 1. The zero-order valence-corrected chi connectivity index (χ0v) is 16.0. The highest BCUT2D eigenvalue weighted by Crippen LogP contribution is 2.26. The average Bonchev–Trinajstić information content (AvgIpc) is 2.67. The molecule has 1 atom stereocenters. The Morgan fingerprint density at radius 3 is 2.71 bits per heavy atom. The third-order valence-corrected chi connectivity index (χ3v) is 5.08. The maximum absolute atomic E-state index is 12.2. The number of aryl methyl sites for hydroxylation is 1. The molecule has 0 amide bonds. The Balaban J connectivity index is 1.65. The van der Waals surface area contributed by atoms with Crippen molar-refractivity contribution in [2.24, 2.45) is 0 Å². The van der Waals surface area contributed by atoms with Crippen molar-refractivity contribution in [3.05, 3.63) is 80.4 Å². The van der Waals surface area contributed by atoms with Gasteiger partial charge in [0.25, 0.3) is 11.2 Å². The Morgan fingerprint density at radius 1 is 1.32 bits per heavy atom. The quantitative estimate of drug-likeness (QED) is 0.271. The lowest BCUT2D eigenvalue weighted by Crippen LogP contribution is -2.20. The molecule has 0 fully saturated rings. The molecular weight excluding hydrogens is 382 g/mol. The first-order valence-corrected chi connectivity index (χ1v) is 9.29. The number of nitrogens with zero attached hydrogens (tertiary/aromatic N) is 3. The van der Waals surface area contributed by atoms with Crippen LogP contribution in [0.25, 0.3) is 5.65 Å². The van der Waals surface area contributed by atoms with Crippen LogP contribution in [0.15, 0.2) is 58.4 Å². The van der Waals surface area contributed by atoms with Gasteiger partial charge in [0.1, 0.15) is 17.5 Å². The first kappa shape index (κ1) is 19.6. The van der Waals surface area contributed by atoms with Crippen LogP contribution in [0, 0.1) is 17.0 Å². The van der Waals surface area contributed by atoms with E-state index in [4.69, 9.17) is 4.74 Å². The minimum atomic E-state index is -0.523. The first-order valence-electron chi connectivity index (χ1n) is 8.41. The van der Waals surface area contributed by atoms with Crippen molar-refractivity contribution >= 4 is 29.1 Å². The predicted molar refractivity (Wildman–Crippen MR) is 104 cm³/mol. The number of nitro groups is 1. The standard InChI is InChI=1S/C19H17N3O5S/c1-12-4-3-9-21-17(23)10-14(20-18(12)21)11-27-19(24)13(2)28-16-7-5-15(6-8-16)22(25)26/h3-10,13H,11H2,1-2H3/t13-/m0/s1. The molecule has 3 rings (SSSR count). The SMILES string of the molecule is Cc1cccn2c(=O)cc(COC(=O)[C@H](C)Sc3ccc([N+](=O)[O-])cc3)nc12. The van der Waals surface area contributed by atoms with E-state index in [1.165, 1.54) is 34.4 Å². The van der Waals surface area contributed by atoms with E-state index in [1.54, 1.807) is 31.3 Å². The number of esters is 1. The van der Waals surface area contributed by atoms with Crippen LogP contribution in [-0.4, -0.2) is 25.5 Å². The third-order valence-electron chi connectivity index (χ3n) is 3.99. The lowest BCUT2D eigenvalue weighted by Gasteiger charge is -2.11. The number of carbonyl (C=O) groups is 1. The number of benzene rings is 1. The monoisotopic (exact) mass is 399 g/mol. The van der Waals surface area contributed by atoms with Gasteiger partial charge in [-0.3, -0.25) is 24.1 Å². The zero-order chi connectivity index (χ0) is 20.3. The average molecular weight is 399 g/mol. The summed E-state index contributed by atoms with van der Waals surface area (Å²) in [7, 11) is 0. The molecule has 0 unspecified atom stereocenters. The summed E-state index contributed by atoms with van der Waals surface area (Å²) >= 11 is 1.23. The number of non-ortho nitro benzene ring substituents is 1. The summed E-state index contributed by atoms with van der Waals surface area (Å²) < 4.78 is 6.73. The normalized spacial score (nSPS) is 11.9. The molecule has 2 aromatic heterocycles. The second-order valence-corrected chi connectivity index (χ2v) is 7.50. The van der Waals surface area contributed by atoms with Crippen LogP contribution in [0.3, 0.4) is 0 Å². The van der Waals surface area contributed by atoms with Crippen LogP contribution in [0.2, 0.25) is 0 Å². The Kier molecular flexibility index (Phi) is 5.74. The molecule has 0 radical (unpaired) electrons. The molecule has 1 aromatic carbocycles. The van der Waals surface area contributed by atoms with Crippen LogP contribution < -0.4 is 5.56 Å². The van der Waals surface area contributed by atoms with Crippen LogP contribution in [0.1, 0.15) is 18.2 Å². The molecule has 8 nitrogen and oxygen atoms in total. The number of carbonyl (C=O) groups excluding carboxylic acids is 1. The van der Waals surface area contributed by atoms with Gasteiger partial charge in [0.05, 0.1) is 10.6 Å². The van der Waals surface area contributed by atoms with Crippen molar-refractivity contribution in [1.29, 1.82) is 0 Å². The molecular formula is C19H17N3O5S. The molecule has 0 saturated heterocycles. The summed E-state index contributed by atoms with van der Waals surface area (Å²) in [6.45, 7) is 3.42. The summed E-state index contributed by atoms with van der Waals surface area (Å²) in [6.07, 6.45) is 1.64. The predicted octanol–water partition coefficient (Wildman–Crippen LogP) is 3.14. The maximum atomic E-state index is 12.2. The van der Waals surface area contributed by atoms with E-state index in [2.05, 4.69) is 4.98 Å². The van der Waals surface area contributed by atoms with Gasteiger partial charge in [-0.1, -0.05) is 6.07 Å². The zero-order valence-electron chi connectivity index (χ0n) is 15.2. The topological polar surface area (TPSA) is 104 Å². The van der Waals surface area contributed by atoms with E-state index >= 15 is 0 Å². The summed E-state index contributed by atoms with van der Waals surface area (Å²) in [5, 5.41) is 10.2. The minimum absolute atomic E-state index is 0.0106. The van der Waals surface area contributed by atoms with E-state index in [9.17, 15) is 19.7 Å². The molecule has 0 spiro atoms. The summed E-state index contributed by atoms with van der Waals surface area (Å²) in [4.78, 5) is 39.7.